The molecule has 0 spiro atoms. The zero-order chi connectivity index (χ0) is 18.3. The molecule has 9 heteroatoms. The van der Waals surface area contributed by atoms with Gasteiger partial charge in [0, 0.05) is 32.0 Å². The Labute approximate surface area is 151 Å². The van der Waals surface area contributed by atoms with Crippen molar-refractivity contribution in [3.8, 4) is 0 Å². The maximum Gasteiger partial charge on any atom is 0.167 e. The van der Waals surface area contributed by atoms with Gasteiger partial charge in [0.2, 0.25) is 0 Å². The zero-order valence-electron chi connectivity index (χ0n) is 15.0. The molecule has 0 aromatic carbocycles. The molecule has 2 aromatic rings. The number of nitrogens with one attached hydrogen (secondary N) is 1. The lowest BCUT2D eigenvalue weighted by Crippen LogP contribution is -2.37. The van der Waals surface area contributed by atoms with Gasteiger partial charge in [0.05, 0.1) is 25.4 Å². The molecule has 2 aromatic heterocycles. The van der Waals surface area contributed by atoms with Gasteiger partial charge in [-0.05, 0) is 13.8 Å². The predicted molar refractivity (Wildman–Crippen MR) is 98.3 cm³/mol. The zero-order valence-corrected chi connectivity index (χ0v) is 15.0. The van der Waals surface area contributed by atoms with Crippen molar-refractivity contribution in [3.05, 3.63) is 17.8 Å². The largest absolute Gasteiger partial charge is 0.404 e. The van der Waals surface area contributed by atoms with Crippen LogP contribution in [0.1, 0.15) is 25.5 Å². The molecule has 26 heavy (non-hydrogen) atoms. The molecule has 4 rings (SSSR count). The van der Waals surface area contributed by atoms with E-state index >= 15 is 0 Å². The second-order valence-corrected chi connectivity index (χ2v) is 6.85. The van der Waals surface area contributed by atoms with Crippen molar-refractivity contribution in [2.45, 2.75) is 26.0 Å². The fourth-order valence-electron chi connectivity index (χ4n) is 3.43. The van der Waals surface area contributed by atoms with Crippen LogP contribution < -0.4 is 10.6 Å². The third-order valence-electron chi connectivity index (χ3n) is 4.80. The van der Waals surface area contributed by atoms with Gasteiger partial charge in [0.25, 0.3) is 0 Å². The summed E-state index contributed by atoms with van der Waals surface area (Å²) in [6.45, 7) is 8.06. The van der Waals surface area contributed by atoms with Crippen molar-refractivity contribution in [2.75, 3.05) is 37.8 Å². The molecular formula is C17H23N7O2. The fourth-order valence-corrected chi connectivity index (χ4v) is 3.43. The molecule has 2 aliphatic rings. The van der Waals surface area contributed by atoms with E-state index in [-0.39, 0.29) is 0 Å². The molecule has 0 atom stereocenters. The Balaban J connectivity index is 1.98. The van der Waals surface area contributed by atoms with Crippen LogP contribution in [0.3, 0.4) is 0 Å². The summed E-state index contributed by atoms with van der Waals surface area (Å²) in [6, 6.07) is 0. The van der Waals surface area contributed by atoms with Crippen LogP contribution in [0.5, 0.6) is 0 Å². The van der Waals surface area contributed by atoms with Gasteiger partial charge < -0.3 is 30.1 Å². The summed E-state index contributed by atoms with van der Waals surface area (Å²) in [5.41, 5.74) is 7.17. The molecule has 9 nitrogen and oxygen atoms in total. The fraction of sp³-hybridized carbons (Fsp3) is 0.529. The van der Waals surface area contributed by atoms with E-state index in [1.54, 1.807) is 0 Å². The maximum atomic E-state index is 7.61. The number of nitrogens with two attached hydrogens (primary N) is 1. The second-order valence-electron chi connectivity index (χ2n) is 6.85. The van der Waals surface area contributed by atoms with E-state index in [9.17, 15) is 0 Å². The third kappa shape index (κ3) is 2.63. The number of nitrogens with zero attached hydrogens (tertiary/aromatic N) is 5. The number of ether oxygens (including phenoxy) is 2. The third-order valence-corrected chi connectivity index (χ3v) is 4.80. The van der Waals surface area contributed by atoms with E-state index in [2.05, 4.69) is 14.5 Å². The number of allylic oxidation sites excluding steroid dienone is 1. The van der Waals surface area contributed by atoms with E-state index in [0.29, 0.717) is 37.8 Å². The average Bonchev–Trinajstić information content (AvgIpc) is 3.03. The van der Waals surface area contributed by atoms with Crippen LogP contribution >= 0.6 is 0 Å². The molecule has 3 N–H and O–H groups in total. The minimum absolute atomic E-state index is 0.434. The quantitative estimate of drug-likeness (QED) is 0.783. The van der Waals surface area contributed by atoms with Crippen LogP contribution in [0.4, 0.5) is 5.82 Å². The van der Waals surface area contributed by atoms with Gasteiger partial charge in [-0.2, -0.15) is 0 Å². The number of rotatable bonds is 3. The molecule has 0 radical (unpaired) electrons. The van der Waals surface area contributed by atoms with Crippen molar-refractivity contribution in [1.82, 2.24) is 19.5 Å². The summed E-state index contributed by atoms with van der Waals surface area (Å²) in [6.07, 6.45) is 2.53. The van der Waals surface area contributed by atoms with Crippen molar-refractivity contribution in [2.24, 2.45) is 5.73 Å². The van der Waals surface area contributed by atoms with Crippen LogP contribution in [-0.4, -0.2) is 58.6 Å². The van der Waals surface area contributed by atoms with Gasteiger partial charge in [0.1, 0.15) is 11.4 Å². The number of hydrogen-bond acceptors (Lipinski definition) is 8. The minimum Gasteiger partial charge on any atom is -0.404 e. The van der Waals surface area contributed by atoms with Crippen LogP contribution in [0.15, 0.2) is 6.20 Å². The van der Waals surface area contributed by atoms with E-state index in [4.69, 9.17) is 30.6 Å². The van der Waals surface area contributed by atoms with Crippen LogP contribution in [0.2, 0.25) is 0 Å². The minimum atomic E-state index is -0.491. The lowest BCUT2D eigenvalue weighted by atomic mass is 10.1. The summed E-state index contributed by atoms with van der Waals surface area (Å²) in [5.74, 6) is 2.03. The number of morpholine rings is 1. The van der Waals surface area contributed by atoms with Gasteiger partial charge in [-0.3, -0.25) is 0 Å². The summed E-state index contributed by atoms with van der Waals surface area (Å²) < 4.78 is 13.5. The molecular weight excluding hydrogens is 334 g/mol. The van der Waals surface area contributed by atoms with Crippen molar-refractivity contribution in [3.63, 3.8) is 0 Å². The number of hydrogen-bond donors (Lipinski definition) is 2. The molecule has 0 aliphatic carbocycles. The highest BCUT2D eigenvalue weighted by atomic mass is 16.5. The Hall–Kier alpha value is -2.52. The van der Waals surface area contributed by atoms with Crippen molar-refractivity contribution < 1.29 is 9.47 Å². The van der Waals surface area contributed by atoms with E-state index in [1.807, 2.05) is 13.8 Å². The maximum absolute atomic E-state index is 7.61. The molecule has 4 heterocycles. The van der Waals surface area contributed by atoms with E-state index < -0.39 is 5.60 Å². The highest BCUT2D eigenvalue weighted by Crippen LogP contribution is 2.34. The molecule has 1 saturated heterocycles. The highest BCUT2D eigenvalue weighted by Gasteiger charge is 2.34. The van der Waals surface area contributed by atoms with E-state index in [1.165, 1.54) is 12.4 Å². The lowest BCUT2D eigenvalue weighted by Gasteiger charge is -2.30. The Morgan fingerprint density at radius 2 is 1.92 bits per heavy atom. The summed E-state index contributed by atoms with van der Waals surface area (Å²) >= 11 is 0. The first-order valence-electron chi connectivity index (χ1n) is 8.73. The molecule has 1 fully saturated rings. The Kier molecular flexibility index (Phi) is 4.12. The number of fused-ring (bicyclic) bond motifs is 3. The molecule has 138 valence electrons. The summed E-state index contributed by atoms with van der Waals surface area (Å²) in [7, 11) is 0. The predicted octanol–water partition coefficient (Wildman–Crippen LogP) is 0.877. The average molecular weight is 357 g/mol. The Bertz CT molecular complexity index is 881. The number of aromatic nitrogens is 4. The Morgan fingerprint density at radius 3 is 2.62 bits per heavy atom. The molecule has 0 amide bonds. The van der Waals surface area contributed by atoms with Crippen LogP contribution in [-0.2, 0) is 21.6 Å². The van der Waals surface area contributed by atoms with Gasteiger partial charge >= 0.3 is 0 Å². The van der Waals surface area contributed by atoms with E-state index in [0.717, 1.165) is 35.9 Å². The first kappa shape index (κ1) is 16.9. The first-order chi connectivity index (χ1) is 12.5. The second kappa shape index (κ2) is 6.33. The van der Waals surface area contributed by atoms with Crippen molar-refractivity contribution in [1.29, 1.82) is 5.41 Å². The molecule has 0 unspecified atom stereocenters. The molecule has 0 saturated carbocycles. The van der Waals surface area contributed by atoms with Crippen LogP contribution in [0.25, 0.3) is 16.7 Å². The topological polar surface area (TPSA) is 115 Å². The summed E-state index contributed by atoms with van der Waals surface area (Å²) in [4.78, 5) is 16.4. The monoisotopic (exact) mass is 357 g/mol. The Morgan fingerprint density at radius 1 is 1.15 bits per heavy atom. The van der Waals surface area contributed by atoms with Gasteiger partial charge in [-0.1, -0.05) is 0 Å². The SMILES string of the molecule is CC1(C)OCCn2c1nc1c(N3CCOCC3)nc(/C(C=N)=C/N)nc12. The normalized spacial score (nSPS) is 20.2. The molecule has 0 bridgehead atoms. The summed E-state index contributed by atoms with van der Waals surface area (Å²) in [5, 5.41) is 7.61. The van der Waals surface area contributed by atoms with Crippen molar-refractivity contribution >= 4 is 28.8 Å². The van der Waals surface area contributed by atoms with Crippen LogP contribution in [0, 0.1) is 5.41 Å². The van der Waals surface area contributed by atoms with Gasteiger partial charge in [0.15, 0.2) is 22.8 Å². The number of imidazole rings is 1. The van der Waals surface area contributed by atoms with Gasteiger partial charge in [-0.25, -0.2) is 15.0 Å². The lowest BCUT2D eigenvalue weighted by molar-refractivity contribution is -0.0530. The standard InChI is InChI=1S/C17H23N7O2/c1-17(2)16-20-12-14(23-3-6-25-7-4-23)21-13(11(9-18)10-19)22-15(12)24(16)5-8-26-17/h9-10,18H,3-8,19H2,1-2H3/b11-10+,18-9?. The smallest absolute Gasteiger partial charge is 0.167 e. The highest BCUT2D eigenvalue weighted by molar-refractivity contribution is 6.07. The molecule has 2 aliphatic heterocycles. The number of anilines is 1. The van der Waals surface area contributed by atoms with Gasteiger partial charge in [-0.15, -0.1) is 0 Å². The first-order valence-corrected chi connectivity index (χ1v) is 8.73.